The predicted molar refractivity (Wildman–Crippen MR) is 84.2 cm³/mol. The van der Waals surface area contributed by atoms with Gasteiger partial charge in [0.05, 0.1) is 18.5 Å². The van der Waals surface area contributed by atoms with Gasteiger partial charge in [-0.2, -0.15) is 0 Å². The van der Waals surface area contributed by atoms with Gasteiger partial charge in [0.1, 0.15) is 5.82 Å². The first-order valence-corrected chi connectivity index (χ1v) is 9.49. The molecule has 0 aromatic heterocycles. The van der Waals surface area contributed by atoms with E-state index in [1.54, 1.807) is 7.11 Å². The molecule has 1 aromatic rings. The Balaban J connectivity index is 1.70. The van der Waals surface area contributed by atoms with Crippen molar-refractivity contribution in [3.63, 3.8) is 0 Å². The van der Waals surface area contributed by atoms with E-state index in [-0.39, 0.29) is 34.6 Å². The Morgan fingerprint density at radius 3 is 2.96 bits per heavy atom. The Morgan fingerprint density at radius 1 is 1.48 bits per heavy atom. The molecule has 128 valence electrons. The fourth-order valence-electron chi connectivity index (χ4n) is 3.49. The van der Waals surface area contributed by atoms with E-state index in [2.05, 4.69) is 4.72 Å². The second kappa shape index (κ2) is 6.64. The highest BCUT2D eigenvalue weighted by Crippen LogP contribution is 2.44. The van der Waals surface area contributed by atoms with E-state index in [0.717, 1.165) is 12.5 Å². The number of hydrogen-bond acceptors (Lipinski definition) is 4. The number of nitrogens with one attached hydrogen (secondary N) is 1. The number of fused-ring (bicyclic) bond motifs is 1. The maximum atomic E-state index is 13.8. The summed E-state index contributed by atoms with van der Waals surface area (Å²) in [6.07, 6.45) is 0.878. The molecular weight excluding hydrogens is 345 g/mol. The van der Waals surface area contributed by atoms with E-state index in [0.29, 0.717) is 13.2 Å². The van der Waals surface area contributed by atoms with E-state index in [4.69, 9.17) is 21.1 Å². The molecule has 8 heteroatoms. The highest BCUT2D eigenvalue weighted by atomic mass is 35.5. The van der Waals surface area contributed by atoms with Crippen molar-refractivity contribution < 1.29 is 22.3 Å². The molecule has 3 rings (SSSR count). The van der Waals surface area contributed by atoms with Gasteiger partial charge in [-0.1, -0.05) is 17.7 Å². The third-order valence-electron chi connectivity index (χ3n) is 4.56. The molecule has 0 radical (unpaired) electrons. The molecule has 0 spiro atoms. The molecule has 5 nitrogen and oxygen atoms in total. The molecule has 1 aromatic carbocycles. The van der Waals surface area contributed by atoms with Gasteiger partial charge in [0.2, 0.25) is 10.0 Å². The van der Waals surface area contributed by atoms with Gasteiger partial charge in [-0.3, -0.25) is 0 Å². The van der Waals surface area contributed by atoms with Crippen LogP contribution in [0.4, 0.5) is 4.39 Å². The van der Waals surface area contributed by atoms with Gasteiger partial charge in [-0.05, 0) is 18.6 Å². The summed E-state index contributed by atoms with van der Waals surface area (Å²) in [5.41, 5.74) is 0.101. The van der Waals surface area contributed by atoms with Crippen LogP contribution in [0.25, 0.3) is 0 Å². The zero-order chi connectivity index (χ0) is 16.6. The van der Waals surface area contributed by atoms with Gasteiger partial charge < -0.3 is 9.47 Å². The molecule has 0 bridgehead atoms. The van der Waals surface area contributed by atoms with Gasteiger partial charge in [-0.25, -0.2) is 17.5 Å². The highest BCUT2D eigenvalue weighted by molar-refractivity contribution is 7.88. The van der Waals surface area contributed by atoms with Crippen molar-refractivity contribution in [1.82, 2.24) is 4.72 Å². The number of halogens is 2. The largest absolute Gasteiger partial charge is 0.384 e. The molecule has 4 atom stereocenters. The molecule has 2 fully saturated rings. The van der Waals surface area contributed by atoms with Crippen molar-refractivity contribution in [2.45, 2.75) is 24.3 Å². The van der Waals surface area contributed by atoms with Crippen LogP contribution in [-0.2, 0) is 25.2 Å². The lowest BCUT2D eigenvalue weighted by Gasteiger charge is -2.47. The Morgan fingerprint density at radius 2 is 2.26 bits per heavy atom. The number of ether oxygens (including phenoxy) is 2. The maximum Gasteiger partial charge on any atom is 0.216 e. The Labute approximate surface area is 140 Å². The predicted octanol–water partition coefficient (Wildman–Crippen LogP) is 1.95. The molecule has 1 aliphatic carbocycles. The second-order valence-corrected chi connectivity index (χ2v) is 8.24. The Hall–Kier alpha value is -0.730. The van der Waals surface area contributed by atoms with Crippen LogP contribution in [0.5, 0.6) is 0 Å². The van der Waals surface area contributed by atoms with E-state index in [1.807, 2.05) is 0 Å². The standard InChI is InChI=1S/C15H19ClFNO4S/c1-21-7-12-14(11-4-5-22-15(11)12)18-23(19,20)8-9-2-3-10(16)6-13(9)17/h2-3,6,11-12,14-15,18H,4-5,7-8H2,1H3/t11-,12+,14+,15-/m0/s1. The van der Waals surface area contributed by atoms with Crippen molar-refractivity contribution >= 4 is 21.6 Å². The highest BCUT2D eigenvalue weighted by Gasteiger charge is 2.54. The third-order valence-corrected chi connectivity index (χ3v) is 6.12. The van der Waals surface area contributed by atoms with Gasteiger partial charge in [0.25, 0.3) is 0 Å². The number of rotatable bonds is 6. The van der Waals surface area contributed by atoms with E-state index in [9.17, 15) is 12.8 Å². The van der Waals surface area contributed by atoms with Crippen LogP contribution in [0.1, 0.15) is 12.0 Å². The summed E-state index contributed by atoms with van der Waals surface area (Å²) < 4.78 is 52.1. The molecule has 1 N–H and O–H groups in total. The molecule has 23 heavy (non-hydrogen) atoms. The van der Waals surface area contributed by atoms with Crippen LogP contribution in [0.2, 0.25) is 5.02 Å². The Kier molecular flexibility index (Phi) is 4.94. The first-order valence-electron chi connectivity index (χ1n) is 7.46. The number of benzene rings is 1. The van der Waals surface area contributed by atoms with Gasteiger partial charge in [0.15, 0.2) is 0 Å². The van der Waals surface area contributed by atoms with Crippen molar-refractivity contribution in [2.75, 3.05) is 20.3 Å². The first kappa shape index (κ1) is 17.1. The van der Waals surface area contributed by atoms with E-state index < -0.39 is 21.6 Å². The summed E-state index contributed by atoms with van der Waals surface area (Å²) >= 11 is 5.69. The summed E-state index contributed by atoms with van der Waals surface area (Å²) in [6, 6.07) is 3.77. The van der Waals surface area contributed by atoms with Crippen molar-refractivity contribution in [2.24, 2.45) is 11.8 Å². The number of methoxy groups -OCH3 is 1. The minimum atomic E-state index is -3.66. The molecule has 0 amide bonds. The fourth-order valence-corrected chi connectivity index (χ4v) is 5.14. The van der Waals surface area contributed by atoms with Crippen LogP contribution in [0, 0.1) is 17.7 Å². The van der Waals surface area contributed by atoms with Crippen LogP contribution >= 0.6 is 11.6 Å². The molecule has 0 unspecified atom stereocenters. The summed E-state index contributed by atoms with van der Waals surface area (Å²) in [4.78, 5) is 0. The quantitative estimate of drug-likeness (QED) is 0.839. The smallest absolute Gasteiger partial charge is 0.216 e. The summed E-state index contributed by atoms with van der Waals surface area (Å²) in [5, 5.41) is 0.238. The summed E-state index contributed by atoms with van der Waals surface area (Å²) in [5.74, 6) is -0.867. The summed E-state index contributed by atoms with van der Waals surface area (Å²) in [6.45, 7) is 1.07. The minimum absolute atomic E-state index is 0.00246. The van der Waals surface area contributed by atoms with Crippen LogP contribution < -0.4 is 4.72 Å². The van der Waals surface area contributed by atoms with Gasteiger partial charge >= 0.3 is 0 Å². The SMILES string of the molecule is COC[C@@H]1[C@H](NS(=O)(=O)Cc2ccc(Cl)cc2F)[C@@H]2CCO[C@H]12. The first-order chi connectivity index (χ1) is 10.9. The lowest BCUT2D eigenvalue weighted by atomic mass is 9.68. The normalized spacial score (nSPS) is 30.0. The number of hydrogen-bond donors (Lipinski definition) is 1. The minimum Gasteiger partial charge on any atom is -0.384 e. The van der Waals surface area contributed by atoms with Crippen LogP contribution in [-0.4, -0.2) is 40.9 Å². The molecule has 1 aliphatic heterocycles. The van der Waals surface area contributed by atoms with Gasteiger partial charge in [0, 0.05) is 42.2 Å². The zero-order valence-electron chi connectivity index (χ0n) is 12.7. The van der Waals surface area contributed by atoms with Crippen LogP contribution in [0.3, 0.4) is 0 Å². The van der Waals surface area contributed by atoms with E-state index in [1.165, 1.54) is 12.1 Å². The fraction of sp³-hybridized carbons (Fsp3) is 0.600. The van der Waals surface area contributed by atoms with Crippen molar-refractivity contribution in [3.8, 4) is 0 Å². The monoisotopic (exact) mass is 363 g/mol. The lowest BCUT2D eigenvalue weighted by Crippen LogP contribution is -2.62. The average molecular weight is 364 g/mol. The zero-order valence-corrected chi connectivity index (χ0v) is 14.2. The lowest BCUT2D eigenvalue weighted by molar-refractivity contribution is -0.0775. The third kappa shape index (κ3) is 3.53. The van der Waals surface area contributed by atoms with Crippen LogP contribution in [0.15, 0.2) is 18.2 Å². The topological polar surface area (TPSA) is 64.6 Å². The second-order valence-electron chi connectivity index (χ2n) is 6.05. The molecular formula is C15H19ClFNO4S. The Bertz CT molecular complexity index is 684. The summed E-state index contributed by atoms with van der Waals surface area (Å²) in [7, 11) is -2.08. The van der Waals surface area contributed by atoms with Gasteiger partial charge in [-0.15, -0.1) is 0 Å². The van der Waals surface area contributed by atoms with Crippen molar-refractivity contribution in [1.29, 1.82) is 0 Å². The number of sulfonamides is 1. The maximum absolute atomic E-state index is 13.8. The van der Waals surface area contributed by atoms with E-state index >= 15 is 0 Å². The molecule has 1 saturated carbocycles. The molecule has 1 saturated heterocycles. The molecule has 2 aliphatic rings. The molecule has 1 heterocycles. The van der Waals surface area contributed by atoms with Crippen molar-refractivity contribution in [3.05, 3.63) is 34.6 Å². The average Bonchev–Trinajstić information content (AvgIpc) is 2.90.